The van der Waals surface area contributed by atoms with E-state index in [1.165, 1.54) is 12.8 Å². The van der Waals surface area contributed by atoms with Gasteiger partial charge in [0.15, 0.2) is 0 Å². The monoisotopic (exact) mass is 239 g/mol. The summed E-state index contributed by atoms with van der Waals surface area (Å²) in [6.07, 6.45) is 5.68. The van der Waals surface area contributed by atoms with E-state index in [-0.39, 0.29) is 6.10 Å². The fourth-order valence-electron chi connectivity index (χ4n) is 2.89. The summed E-state index contributed by atoms with van der Waals surface area (Å²) in [5.41, 5.74) is 1.56. The smallest absolute Gasteiger partial charge is 0.0515 e. The Kier molecular flexibility index (Phi) is 6.21. The Morgan fingerprint density at radius 1 is 1.47 bits per heavy atom. The SMILES string of the molecule is CC1=CCCC(C)C1CNCC(C)CC(C)O. The average Bonchev–Trinajstić information content (AvgIpc) is 2.21. The van der Waals surface area contributed by atoms with E-state index in [9.17, 15) is 5.11 Å². The molecule has 17 heavy (non-hydrogen) atoms. The van der Waals surface area contributed by atoms with Crippen LogP contribution in [0.5, 0.6) is 0 Å². The second-order valence-corrected chi connectivity index (χ2v) is 5.96. The molecule has 2 N–H and O–H groups in total. The van der Waals surface area contributed by atoms with Gasteiger partial charge in [0.25, 0.3) is 0 Å². The van der Waals surface area contributed by atoms with Crippen molar-refractivity contribution in [3.63, 3.8) is 0 Å². The first-order chi connectivity index (χ1) is 8.00. The van der Waals surface area contributed by atoms with Gasteiger partial charge >= 0.3 is 0 Å². The van der Waals surface area contributed by atoms with Crippen molar-refractivity contribution in [1.29, 1.82) is 0 Å². The predicted octanol–water partition coefficient (Wildman–Crippen LogP) is 2.98. The minimum absolute atomic E-state index is 0.179. The van der Waals surface area contributed by atoms with Gasteiger partial charge in [-0.15, -0.1) is 0 Å². The van der Waals surface area contributed by atoms with Crippen LogP contribution in [0.4, 0.5) is 0 Å². The molecule has 0 saturated carbocycles. The standard InChI is InChI=1S/C15H29NO/c1-11(8-14(4)17)9-16-10-15-12(2)6-5-7-13(15)3/h6,11,13-17H,5,7-10H2,1-4H3. The molecule has 4 atom stereocenters. The number of nitrogens with one attached hydrogen (secondary N) is 1. The van der Waals surface area contributed by atoms with Crippen molar-refractivity contribution in [3.8, 4) is 0 Å². The van der Waals surface area contributed by atoms with Crippen molar-refractivity contribution in [2.45, 2.75) is 53.1 Å². The van der Waals surface area contributed by atoms with Crippen LogP contribution in [0.2, 0.25) is 0 Å². The summed E-state index contributed by atoms with van der Waals surface area (Å²) < 4.78 is 0. The van der Waals surface area contributed by atoms with Gasteiger partial charge in [0.1, 0.15) is 0 Å². The molecule has 0 aromatic carbocycles. The van der Waals surface area contributed by atoms with E-state index in [2.05, 4.69) is 32.2 Å². The molecule has 0 aromatic heterocycles. The molecular formula is C15H29NO. The summed E-state index contributed by atoms with van der Waals surface area (Å²) in [5.74, 6) is 2.07. The van der Waals surface area contributed by atoms with Crippen LogP contribution >= 0.6 is 0 Å². The molecule has 2 nitrogen and oxygen atoms in total. The quantitative estimate of drug-likeness (QED) is 0.698. The van der Waals surface area contributed by atoms with Gasteiger partial charge in [-0.05, 0) is 57.4 Å². The second kappa shape index (κ2) is 7.17. The first-order valence-electron chi connectivity index (χ1n) is 7.06. The van der Waals surface area contributed by atoms with Gasteiger partial charge in [-0.1, -0.05) is 25.5 Å². The third kappa shape index (κ3) is 5.22. The van der Waals surface area contributed by atoms with Gasteiger partial charge in [-0.25, -0.2) is 0 Å². The average molecular weight is 239 g/mol. The molecule has 1 aliphatic carbocycles. The van der Waals surface area contributed by atoms with E-state index in [1.54, 1.807) is 5.57 Å². The largest absolute Gasteiger partial charge is 0.393 e. The van der Waals surface area contributed by atoms with Crippen LogP contribution in [0.15, 0.2) is 11.6 Å². The highest BCUT2D eigenvalue weighted by Gasteiger charge is 2.21. The Labute approximate surface area is 106 Å². The molecule has 0 aromatic rings. The number of hydrogen-bond acceptors (Lipinski definition) is 2. The fraction of sp³-hybridized carbons (Fsp3) is 0.867. The number of allylic oxidation sites excluding steroid dienone is 1. The number of rotatable bonds is 6. The normalized spacial score (nSPS) is 28.6. The molecule has 0 bridgehead atoms. The molecule has 1 aliphatic rings. The minimum Gasteiger partial charge on any atom is -0.393 e. The van der Waals surface area contributed by atoms with Gasteiger partial charge in [0.2, 0.25) is 0 Å². The van der Waals surface area contributed by atoms with E-state index in [0.717, 1.165) is 25.4 Å². The van der Waals surface area contributed by atoms with Gasteiger partial charge in [0, 0.05) is 6.54 Å². The Morgan fingerprint density at radius 2 is 2.18 bits per heavy atom. The van der Waals surface area contributed by atoms with Crippen molar-refractivity contribution in [3.05, 3.63) is 11.6 Å². The molecule has 0 amide bonds. The van der Waals surface area contributed by atoms with Crippen molar-refractivity contribution >= 4 is 0 Å². The highest BCUT2D eigenvalue weighted by Crippen LogP contribution is 2.29. The fourth-order valence-corrected chi connectivity index (χ4v) is 2.89. The molecule has 2 heteroatoms. The lowest BCUT2D eigenvalue weighted by Crippen LogP contribution is -2.32. The highest BCUT2D eigenvalue weighted by atomic mass is 16.3. The third-order valence-electron chi connectivity index (χ3n) is 3.96. The number of aliphatic hydroxyl groups excluding tert-OH is 1. The summed E-state index contributed by atoms with van der Waals surface area (Å²) >= 11 is 0. The van der Waals surface area contributed by atoms with Crippen LogP contribution < -0.4 is 5.32 Å². The maximum absolute atomic E-state index is 9.32. The van der Waals surface area contributed by atoms with Gasteiger partial charge in [0.05, 0.1) is 6.10 Å². The Balaban J connectivity index is 2.25. The maximum Gasteiger partial charge on any atom is 0.0515 e. The molecule has 0 radical (unpaired) electrons. The minimum atomic E-state index is -0.179. The van der Waals surface area contributed by atoms with Crippen LogP contribution in [0.1, 0.15) is 47.0 Å². The van der Waals surface area contributed by atoms with Crippen molar-refractivity contribution < 1.29 is 5.11 Å². The molecule has 0 heterocycles. The van der Waals surface area contributed by atoms with Crippen molar-refractivity contribution in [1.82, 2.24) is 5.32 Å². The lowest BCUT2D eigenvalue weighted by molar-refractivity contribution is 0.162. The summed E-state index contributed by atoms with van der Waals surface area (Å²) in [6.45, 7) is 10.8. The summed E-state index contributed by atoms with van der Waals surface area (Å²) in [4.78, 5) is 0. The lowest BCUT2D eigenvalue weighted by atomic mass is 9.80. The Bertz CT molecular complexity index is 247. The summed E-state index contributed by atoms with van der Waals surface area (Å²) in [7, 11) is 0. The van der Waals surface area contributed by atoms with Crippen LogP contribution in [0.25, 0.3) is 0 Å². The summed E-state index contributed by atoms with van der Waals surface area (Å²) in [5, 5.41) is 12.9. The van der Waals surface area contributed by atoms with Crippen molar-refractivity contribution in [2.24, 2.45) is 17.8 Å². The number of hydrogen-bond donors (Lipinski definition) is 2. The van der Waals surface area contributed by atoms with E-state index in [4.69, 9.17) is 0 Å². The van der Waals surface area contributed by atoms with Gasteiger partial charge < -0.3 is 10.4 Å². The lowest BCUT2D eigenvalue weighted by Gasteiger charge is -2.29. The second-order valence-electron chi connectivity index (χ2n) is 5.96. The zero-order valence-electron chi connectivity index (χ0n) is 11.9. The van der Waals surface area contributed by atoms with E-state index in [0.29, 0.717) is 11.8 Å². The molecular weight excluding hydrogens is 210 g/mol. The molecule has 0 aliphatic heterocycles. The van der Waals surface area contributed by atoms with E-state index >= 15 is 0 Å². The third-order valence-corrected chi connectivity index (χ3v) is 3.96. The van der Waals surface area contributed by atoms with Gasteiger partial charge in [-0.2, -0.15) is 0 Å². The topological polar surface area (TPSA) is 32.3 Å². The van der Waals surface area contributed by atoms with Crippen LogP contribution in [0, 0.1) is 17.8 Å². The zero-order chi connectivity index (χ0) is 12.8. The molecule has 0 spiro atoms. The van der Waals surface area contributed by atoms with Crippen molar-refractivity contribution in [2.75, 3.05) is 13.1 Å². The van der Waals surface area contributed by atoms with Crippen LogP contribution in [-0.4, -0.2) is 24.3 Å². The van der Waals surface area contributed by atoms with Gasteiger partial charge in [-0.3, -0.25) is 0 Å². The van der Waals surface area contributed by atoms with E-state index < -0.39 is 0 Å². The Hall–Kier alpha value is -0.340. The highest BCUT2D eigenvalue weighted by molar-refractivity contribution is 5.09. The maximum atomic E-state index is 9.32. The molecule has 1 rings (SSSR count). The van der Waals surface area contributed by atoms with Crippen LogP contribution in [-0.2, 0) is 0 Å². The van der Waals surface area contributed by atoms with E-state index in [1.807, 2.05) is 6.92 Å². The first kappa shape index (κ1) is 14.7. The predicted molar refractivity (Wildman–Crippen MR) is 74.0 cm³/mol. The molecule has 100 valence electrons. The molecule has 4 unspecified atom stereocenters. The Morgan fingerprint density at radius 3 is 2.76 bits per heavy atom. The summed E-state index contributed by atoms with van der Waals surface area (Å²) in [6, 6.07) is 0. The zero-order valence-corrected chi connectivity index (χ0v) is 11.9. The van der Waals surface area contributed by atoms with Crippen LogP contribution in [0.3, 0.4) is 0 Å². The molecule has 0 saturated heterocycles. The molecule has 0 fully saturated rings. The first-order valence-corrected chi connectivity index (χ1v) is 7.06. The number of aliphatic hydroxyl groups is 1.